The third kappa shape index (κ3) is 4.46. The summed E-state index contributed by atoms with van der Waals surface area (Å²) in [7, 11) is 1.48. The maximum absolute atomic E-state index is 12.7. The predicted octanol–water partition coefficient (Wildman–Crippen LogP) is 0.759. The molecule has 1 saturated heterocycles. The van der Waals surface area contributed by atoms with Crippen LogP contribution in [-0.4, -0.2) is 46.9 Å². The van der Waals surface area contributed by atoms with Crippen molar-refractivity contribution in [2.24, 2.45) is 13.0 Å². The van der Waals surface area contributed by atoms with E-state index in [1.807, 2.05) is 0 Å². The number of anilines is 1. The van der Waals surface area contributed by atoms with Crippen molar-refractivity contribution in [1.29, 1.82) is 0 Å². The first kappa shape index (κ1) is 18.7. The molecule has 0 bridgehead atoms. The number of carbonyl (C=O) groups excluding carboxylic acids is 3. The first-order valence-corrected chi connectivity index (χ1v) is 8.31. The molecular weight excluding hydrogens is 326 g/mol. The number of hydrogen-bond donors (Lipinski definition) is 1. The molecule has 8 nitrogen and oxygen atoms in total. The van der Waals surface area contributed by atoms with Crippen molar-refractivity contribution in [1.82, 2.24) is 9.47 Å². The number of hydrogen-bond acceptors (Lipinski definition) is 5. The summed E-state index contributed by atoms with van der Waals surface area (Å²) in [5.41, 5.74) is -0.353. The van der Waals surface area contributed by atoms with Crippen LogP contribution in [0, 0.1) is 5.92 Å². The molecule has 2 heterocycles. The molecule has 136 valence electrons. The Hall–Kier alpha value is -2.64. The average Bonchev–Trinajstić information content (AvgIpc) is 2.58. The number of nitrogens with zero attached hydrogens (tertiary/aromatic N) is 2. The highest BCUT2D eigenvalue weighted by atomic mass is 16.5. The Morgan fingerprint density at radius 2 is 1.92 bits per heavy atom. The van der Waals surface area contributed by atoms with Gasteiger partial charge in [-0.15, -0.1) is 0 Å². The monoisotopic (exact) mass is 349 g/mol. The largest absolute Gasteiger partial charge is 0.459 e. The van der Waals surface area contributed by atoms with Gasteiger partial charge in [-0.2, -0.15) is 0 Å². The molecule has 1 aromatic heterocycles. The lowest BCUT2D eigenvalue weighted by atomic mass is 9.99. The van der Waals surface area contributed by atoms with Crippen LogP contribution in [0.3, 0.4) is 0 Å². The number of rotatable bonds is 3. The molecule has 1 aliphatic heterocycles. The number of aryl methyl sites for hydroxylation is 1. The fraction of sp³-hybridized carbons (Fsp3) is 0.529. The molecule has 1 aliphatic rings. The summed E-state index contributed by atoms with van der Waals surface area (Å²) in [4.78, 5) is 49.7. The highest BCUT2D eigenvalue weighted by Crippen LogP contribution is 2.18. The van der Waals surface area contributed by atoms with Crippen molar-refractivity contribution in [3.05, 3.63) is 28.2 Å². The summed E-state index contributed by atoms with van der Waals surface area (Å²) >= 11 is 0. The Morgan fingerprint density at radius 1 is 1.28 bits per heavy atom. The number of aromatic nitrogens is 1. The molecule has 1 fully saturated rings. The van der Waals surface area contributed by atoms with Crippen LogP contribution in [-0.2, 0) is 21.4 Å². The third-order valence-electron chi connectivity index (χ3n) is 4.21. The van der Waals surface area contributed by atoms with E-state index in [4.69, 9.17) is 0 Å². The van der Waals surface area contributed by atoms with Crippen molar-refractivity contribution < 1.29 is 19.1 Å². The SMILES string of the molecule is CCOC(=O)C(=O)Nc1cc(C(=O)N2CCC(C)CC2)cn(C)c1=O. The van der Waals surface area contributed by atoms with Gasteiger partial charge in [0.25, 0.3) is 11.5 Å². The maximum atomic E-state index is 12.7. The van der Waals surface area contributed by atoms with Gasteiger partial charge < -0.3 is 19.5 Å². The van der Waals surface area contributed by atoms with Gasteiger partial charge in [-0.05, 0) is 31.7 Å². The zero-order valence-corrected chi connectivity index (χ0v) is 14.7. The zero-order chi connectivity index (χ0) is 18.6. The topological polar surface area (TPSA) is 97.7 Å². The summed E-state index contributed by atoms with van der Waals surface area (Å²) < 4.78 is 5.80. The number of likely N-dealkylation sites (tertiary alicyclic amines) is 1. The van der Waals surface area contributed by atoms with Crippen LogP contribution in [0.1, 0.15) is 37.0 Å². The Bertz CT molecular complexity index is 732. The summed E-state index contributed by atoms with van der Waals surface area (Å²) in [5, 5.41) is 2.22. The first-order valence-electron chi connectivity index (χ1n) is 8.31. The Labute approximate surface area is 145 Å². The van der Waals surface area contributed by atoms with Crippen molar-refractivity contribution in [2.45, 2.75) is 26.7 Å². The molecule has 0 aliphatic carbocycles. The van der Waals surface area contributed by atoms with Gasteiger partial charge in [0.05, 0.1) is 12.2 Å². The Kier molecular flexibility index (Phi) is 5.95. The number of amides is 2. The van der Waals surface area contributed by atoms with E-state index in [-0.39, 0.29) is 23.8 Å². The molecular formula is C17H23N3O5. The summed E-state index contributed by atoms with van der Waals surface area (Å²) in [5.74, 6) is -1.74. The molecule has 2 amide bonds. The normalized spacial score (nSPS) is 14.9. The van der Waals surface area contributed by atoms with Crippen molar-refractivity contribution in [3.8, 4) is 0 Å². The van der Waals surface area contributed by atoms with Crippen LogP contribution in [0.25, 0.3) is 0 Å². The molecule has 0 saturated carbocycles. The Balaban J connectivity index is 2.22. The summed E-state index contributed by atoms with van der Waals surface area (Å²) in [6, 6.07) is 1.31. The lowest BCUT2D eigenvalue weighted by Gasteiger charge is -2.30. The molecule has 8 heteroatoms. The zero-order valence-electron chi connectivity index (χ0n) is 14.7. The number of piperidine rings is 1. The fourth-order valence-electron chi connectivity index (χ4n) is 2.68. The van der Waals surface area contributed by atoms with Crippen molar-refractivity contribution in [3.63, 3.8) is 0 Å². The van der Waals surface area contributed by atoms with Crippen LogP contribution in [0.5, 0.6) is 0 Å². The minimum absolute atomic E-state index is 0.0518. The Morgan fingerprint density at radius 3 is 2.52 bits per heavy atom. The minimum Gasteiger partial charge on any atom is -0.459 e. The van der Waals surface area contributed by atoms with Crippen LogP contribution < -0.4 is 10.9 Å². The van der Waals surface area contributed by atoms with E-state index in [0.29, 0.717) is 19.0 Å². The van der Waals surface area contributed by atoms with Gasteiger partial charge in [-0.1, -0.05) is 6.92 Å². The van der Waals surface area contributed by atoms with E-state index < -0.39 is 17.4 Å². The van der Waals surface area contributed by atoms with E-state index in [9.17, 15) is 19.2 Å². The van der Waals surface area contributed by atoms with Gasteiger partial charge in [-0.25, -0.2) is 4.79 Å². The van der Waals surface area contributed by atoms with E-state index in [1.54, 1.807) is 11.8 Å². The molecule has 0 aromatic carbocycles. The number of pyridine rings is 1. The summed E-state index contributed by atoms with van der Waals surface area (Å²) in [6.45, 7) is 5.09. The van der Waals surface area contributed by atoms with Gasteiger partial charge >= 0.3 is 11.9 Å². The molecule has 1 aromatic rings. The van der Waals surface area contributed by atoms with E-state index >= 15 is 0 Å². The van der Waals surface area contributed by atoms with Crippen LogP contribution >= 0.6 is 0 Å². The molecule has 0 spiro atoms. The highest BCUT2D eigenvalue weighted by Gasteiger charge is 2.23. The number of nitrogens with one attached hydrogen (secondary N) is 1. The number of carbonyl (C=O) groups is 3. The second-order valence-corrected chi connectivity index (χ2v) is 6.21. The van der Waals surface area contributed by atoms with Gasteiger partial charge in [0.2, 0.25) is 0 Å². The van der Waals surface area contributed by atoms with Crippen molar-refractivity contribution in [2.75, 3.05) is 25.0 Å². The fourth-order valence-corrected chi connectivity index (χ4v) is 2.68. The molecule has 0 unspecified atom stereocenters. The lowest BCUT2D eigenvalue weighted by Crippen LogP contribution is -2.38. The van der Waals surface area contributed by atoms with Gasteiger partial charge in [0.1, 0.15) is 5.69 Å². The van der Waals surface area contributed by atoms with Crippen LogP contribution in [0.4, 0.5) is 5.69 Å². The van der Waals surface area contributed by atoms with E-state index in [0.717, 1.165) is 12.8 Å². The number of ether oxygens (including phenoxy) is 1. The molecule has 1 N–H and O–H groups in total. The third-order valence-corrected chi connectivity index (χ3v) is 4.21. The first-order chi connectivity index (χ1) is 11.8. The second-order valence-electron chi connectivity index (χ2n) is 6.21. The molecule has 0 radical (unpaired) electrons. The van der Waals surface area contributed by atoms with Gasteiger partial charge in [-0.3, -0.25) is 14.4 Å². The minimum atomic E-state index is -1.08. The maximum Gasteiger partial charge on any atom is 0.397 e. The standard InChI is InChI=1S/C17H23N3O5/c1-4-25-17(24)14(21)18-13-9-12(10-19(3)16(13)23)15(22)20-7-5-11(2)6-8-20/h9-11H,4-8H2,1-3H3,(H,18,21). The van der Waals surface area contributed by atoms with E-state index in [2.05, 4.69) is 17.0 Å². The molecule has 2 rings (SSSR count). The van der Waals surface area contributed by atoms with Crippen LogP contribution in [0.2, 0.25) is 0 Å². The second kappa shape index (κ2) is 7.96. The average molecular weight is 349 g/mol. The van der Waals surface area contributed by atoms with E-state index in [1.165, 1.54) is 23.9 Å². The summed E-state index contributed by atoms with van der Waals surface area (Å²) in [6.07, 6.45) is 3.30. The lowest BCUT2D eigenvalue weighted by molar-refractivity contribution is -0.152. The van der Waals surface area contributed by atoms with Crippen LogP contribution in [0.15, 0.2) is 17.1 Å². The molecule has 0 atom stereocenters. The van der Waals surface area contributed by atoms with Crippen molar-refractivity contribution >= 4 is 23.5 Å². The smallest absolute Gasteiger partial charge is 0.397 e. The molecule has 25 heavy (non-hydrogen) atoms. The van der Waals surface area contributed by atoms with Gasteiger partial charge in [0.15, 0.2) is 0 Å². The number of esters is 1. The quantitative estimate of drug-likeness (QED) is 0.642. The van der Waals surface area contributed by atoms with Gasteiger partial charge in [0, 0.05) is 26.3 Å². The highest BCUT2D eigenvalue weighted by molar-refractivity contribution is 6.37. The predicted molar refractivity (Wildman–Crippen MR) is 91.2 cm³/mol.